The van der Waals surface area contributed by atoms with Gasteiger partial charge in [0.25, 0.3) is 0 Å². The maximum Gasteiger partial charge on any atom is 0.428 e. The number of alkyl halides is 3. The Kier molecular flexibility index (Phi) is 4.96. The third-order valence-corrected chi connectivity index (χ3v) is 5.54. The number of nitrogens with one attached hydrogen (secondary N) is 1. The second-order valence-corrected chi connectivity index (χ2v) is 8.84. The molecule has 1 atom stereocenters. The third kappa shape index (κ3) is 3.80. The van der Waals surface area contributed by atoms with Gasteiger partial charge >= 0.3 is 6.18 Å². The zero-order valence-corrected chi connectivity index (χ0v) is 16.0. The van der Waals surface area contributed by atoms with Crippen molar-refractivity contribution in [1.82, 2.24) is 5.48 Å². The highest BCUT2D eigenvalue weighted by molar-refractivity contribution is 7.90. The number of rotatable bonds is 3. The molecule has 144 valence electrons. The molecule has 1 heterocycles. The molecule has 1 aliphatic rings. The maximum absolute atomic E-state index is 13.9. The van der Waals surface area contributed by atoms with Gasteiger partial charge < -0.3 is 0 Å². The molecule has 3 rings (SSSR count). The molecular weight excluding hydrogens is 426 g/mol. The molecule has 0 aromatic heterocycles. The summed E-state index contributed by atoms with van der Waals surface area (Å²) in [6, 6.07) is 8.93. The van der Waals surface area contributed by atoms with E-state index in [1.807, 2.05) is 0 Å². The molecule has 0 aliphatic carbocycles. The largest absolute Gasteiger partial charge is 0.428 e. The van der Waals surface area contributed by atoms with Gasteiger partial charge in [-0.05, 0) is 42.0 Å². The van der Waals surface area contributed by atoms with Gasteiger partial charge in [0.05, 0.1) is 10.6 Å². The summed E-state index contributed by atoms with van der Waals surface area (Å²) >= 11 is 11.7. The van der Waals surface area contributed by atoms with Crippen molar-refractivity contribution in [2.24, 2.45) is 0 Å². The first-order valence-corrected chi connectivity index (χ1v) is 10.1. The van der Waals surface area contributed by atoms with E-state index in [2.05, 4.69) is 5.48 Å². The summed E-state index contributed by atoms with van der Waals surface area (Å²) in [6.45, 7) is 0. The van der Waals surface area contributed by atoms with E-state index in [4.69, 9.17) is 28.0 Å². The van der Waals surface area contributed by atoms with Crippen LogP contribution >= 0.6 is 23.2 Å². The summed E-state index contributed by atoms with van der Waals surface area (Å²) in [5.74, 6) is 0. The highest BCUT2D eigenvalue weighted by Crippen LogP contribution is 2.48. The number of benzene rings is 2. The summed E-state index contributed by atoms with van der Waals surface area (Å²) in [5.41, 5.74) is -0.465. The highest BCUT2D eigenvalue weighted by Gasteiger charge is 2.59. The first-order valence-electron chi connectivity index (χ1n) is 7.43. The van der Waals surface area contributed by atoms with Gasteiger partial charge in [-0.25, -0.2) is 8.42 Å². The molecule has 2 aromatic rings. The summed E-state index contributed by atoms with van der Waals surface area (Å²) in [6.07, 6.45) is -2.91. The lowest BCUT2D eigenvalue weighted by Gasteiger charge is -2.28. The number of hydrogen-bond acceptors (Lipinski definition) is 4. The van der Waals surface area contributed by atoms with E-state index in [9.17, 15) is 21.6 Å². The van der Waals surface area contributed by atoms with Crippen LogP contribution in [0.4, 0.5) is 13.2 Å². The van der Waals surface area contributed by atoms with Gasteiger partial charge in [0.2, 0.25) is 5.60 Å². The van der Waals surface area contributed by atoms with Crippen LogP contribution in [0.15, 0.2) is 53.4 Å². The fraction of sp³-hybridized carbons (Fsp3) is 0.176. The molecule has 0 radical (unpaired) electrons. The molecule has 10 heteroatoms. The van der Waals surface area contributed by atoms with E-state index < -0.39 is 21.6 Å². The summed E-state index contributed by atoms with van der Waals surface area (Å²) in [5, 5.41) is 0.0631. The first kappa shape index (κ1) is 20.0. The Bertz CT molecular complexity index is 1000. The molecule has 1 aliphatic heterocycles. The summed E-state index contributed by atoms with van der Waals surface area (Å²) in [7, 11) is -3.42. The first-order chi connectivity index (χ1) is 12.4. The zero-order chi connectivity index (χ0) is 20.0. The standard InChI is InChI=1S/C17H12Cl2F3NO3S/c1-27(24,25)14-4-2-10(3-5-14)15-9-16(26-23-15,17(20,21)22)11-6-12(18)8-13(19)7-11/h2-9,23H,1H3. The van der Waals surface area contributed by atoms with Crippen molar-refractivity contribution in [2.75, 3.05) is 6.26 Å². The zero-order valence-electron chi connectivity index (χ0n) is 13.6. The lowest BCUT2D eigenvalue weighted by molar-refractivity contribution is -0.269. The van der Waals surface area contributed by atoms with Gasteiger partial charge in [-0.1, -0.05) is 35.3 Å². The average molecular weight is 438 g/mol. The molecule has 0 fully saturated rings. The normalized spacial score (nSPS) is 20.3. The molecule has 0 saturated carbocycles. The van der Waals surface area contributed by atoms with Crippen molar-refractivity contribution in [3.05, 3.63) is 69.7 Å². The predicted molar refractivity (Wildman–Crippen MR) is 95.9 cm³/mol. The van der Waals surface area contributed by atoms with Crippen molar-refractivity contribution in [1.29, 1.82) is 0 Å². The minimum atomic E-state index is -4.82. The number of hydrogen-bond donors (Lipinski definition) is 1. The van der Waals surface area contributed by atoms with Crippen LogP contribution in [0.1, 0.15) is 11.1 Å². The van der Waals surface area contributed by atoms with E-state index in [0.29, 0.717) is 5.56 Å². The van der Waals surface area contributed by atoms with Gasteiger partial charge in [-0.2, -0.15) is 13.2 Å². The van der Waals surface area contributed by atoms with Gasteiger partial charge in [-0.3, -0.25) is 10.3 Å². The second-order valence-electron chi connectivity index (χ2n) is 5.95. The van der Waals surface area contributed by atoms with Crippen molar-refractivity contribution >= 4 is 38.7 Å². The van der Waals surface area contributed by atoms with E-state index in [0.717, 1.165) is 24.5 Å². The maximum atomic E-state index is 13.9. The van der Waals surface area contributed by atoms with E-state index >= 15 is 0 Å². The highest BCUT2D eigenvalue weighted by atomic mass is 35.5. The molecule has 0 saturated heterocycles. The predicted octanol–water partition coefficient (Wildman–Crippen LogP) is 4.73. The van der Waals surface area contributed by atoms with Crippen LogP contribution in [-0.4, -0.2) is 20.8 Å². The number of hydroxylamine groups is 1. The van der Waals surface area contributed by atoms with Crippen LogP contribution in [-0.2, 0) is 20.3 Å². The fourth-order valence-corrected chi connectivity index (χ4v) is 3.79. The molecular formula is C17H12Cl2F3NO3S. The van der Waals surface area contributed by atoms with Crippen molar-refractivity contribution in [3.63, 3.8) is 0 Å². The quantitative estimate of drug-likeness (QED) is 0.753. The van der Waals surface area contributed by atoms with E-state index in [1.165, 1.54) is 30.3 Å². The number of halogens is 5. The van der Waals surface area contributed by atoms with Crippen molar-refractivity contribution in [3.8, 4) is 0 Å². The van der Waals surface area contributed by atoms with Crippen LogP contribution in [0.2, 0.25) is 10.0 Å². The van der Waals surface area contributed by atoms with Crippen LogP contribution in [0.3, 0.4) is 0 Å². The Morgan fingerprint density at radius 3 is 2.07 bits per heavy atom. The van der Waals surface area contributed by atoms with Gasteiger partial charge in [0, 0.05) is 21.9 Å². The average Bonchev–Trinajstić information content (AvgIpc) is 3.00. The monoisotopic (exact) mass is 437 g/mol. The SMILES string of the molecule is CS(=O)(=O)c1ccc(C2=CC(c3cc(Cl)cc(Cl)c3)(C(F)(F)F)ON2)cc1. The van der Waals surface area contributed by atoms with Crippen molar-refractivity contribution < 1.29 is 26.4 Å². The fourth-order valence-electron chi connectivity index (χ4n) is 2.64. The van der Waals surface area contributed by atoms with Gasteiger partial charge in [-0.15, -0.1) is 0 Å². The molecule has 1 N–H and O–H groups in total. The van der Waals surface area contributed by atoms with E-state index in [-0.39, 0.29) is 26.2 Å². The lowest BCUT2D eigenvalue weighted by Crippen LogP contribution is -2.42. The Morgan fingerprint density at radius 1 is 1.04 bits per heavy atom. The number of sulfone groups is 1. The Labute approximate surface area is 163 Å². The molecule has 2 aromatic carbocycles. The molecule has 1 unspecified atom stereocenters. The Hall–Kier alpha value is -1.74. The van der Waals surface area contributed by atoms with Crippen LogP contribution in [0.25, 0.3) is 5.70 Å². The van der Waals surface area contributed by atoms with Gasteiger partial charge in [0.1, 0.15) is 0 Å². The molecule has 0 amide bonds. The van der Waals surface area contributed by atoms with Gasteiger partial charge in [0.15, 0.2) is 9.84 Å². The van der Waals surface area contributed by atoms with E-state index in [1.54, 1.807) is 0 Å². The Morgan fingerprint density at radius 2 is 1.59 bits per heavy atom. The third-order valence-electron chi connectivity index (χ3n) is 3.98. The summed E-state index contributed by atoms with van der Waals surface area (Å²) < 4.78 is 64.7. The van der Waals surface area contributed by atoms with Crippen LogP contribution < -0.4 is 5.48 Å². The topological polar surface area (TPSA) is 55.4 Å². The molecule has 0 bridgehead atoms. The smallest absolute Gasteiger partial charge is 0.265 e. The molecule has 27 heavy (non-hydrogen) atoms. The lowest BCUT2D eigenvalue weighted by atomic mass is 9.91. The summed E-state index contributed by atoms with van der Waals surface area (Å²) in [4.78, 5) is 5.01. The van der Waals surface area contributed by atoms with Crippen LogP contribution in [0.5, 0.6) is 0 Å². The van der Waals surface area contributed by atoms with Crippen molar-refractivity contribution in [2.45, 2.75) is 16.7 Å². The molecule has 0 spiro atoms. The minimum Gasteiger partial charge on any atom is -0.265 e. The Balaban J connectivity index is 2.09. The molecule has 4 nitrogen and oxygen atoms in total. The second kappa shape index (κ2) is 6.70. The van der Waals surface area contributed by atoms with Crippen LogP contribution in [0, 0.1) is 0 Å². The minimum absolute atomic E-state index is 0.0310.